The van der Waals surface area contributed by atoms with Crippen LogP contribution in [0.5, 0.6) is 5.75 Å². The van der Waals surface area contributed by atoms with Crippen LogP contribution in [0.2, 0.25) is 5.02 Å². The minimum absolute atomic E-state index is 0.101. The lowest BCUT2D eigenvalue weighted by atomic mass is 9.99. The number of ether oxygens (including phenoxy) is 1. The maximum atomic E-state index is 13.0. The van der Waals surface area contributed by atoms with Gasteiger partial charge >= 0.3 is 0 Å². The zero-order chi connectivity index (χ0) is 20.1. The van der Waals surface area contributed by atoms with Gasteiger partial charge in [0.1, 0.15) is 5.75 Å². The zero-order valence-electron chi connectivity index (χ0n) is 15.6. The number of nitrogens with one attached hydrogen (secondary N) is 1. The molecule has 1 aliphatic rings. The Bertz CT molecular complexity index is 934. The van der Waals surface area contributed by atoms with Gasteiger partial charge in [0.2, 0.25) is 15.9 Å². The van der Waals surface area contributed by atoms with Crippen LogP contribution in [0.1, 0.15) is 18.4 Å². The van der Waals surface area contributed by atoms with E-state index in [2.05, 4.69) is 5.32 Å². The van der Waals surface area contributed by atoms with Crippen molar-refractivity contribution < 1.29 is 17.9 Å². The van der Waals surface area contributed by atoms with Crippen LogP contribution in [0.25, 0.3) is 0 Å². The van der Waals surface area contributed by atoms with Crippen molar-refractivity contribution >= 4 is 27.5 Å². The fraction of sp³-hybridized carbons (Fsp3) is 0.350. The quantitative estimate of drug-likeness (QED) is 0.776. The first kappa shape index (κ1) is 20.6. The van der Waals surface area contributed by atoms with Crippen molar-refractivity contribution in [3.8, 4) is 5.75 Å². The molecule has 1 atom stereocenters. The molecule has 0 saturated carbocycles. The maximum absolute atomic E-state index is 13.0. The predicted octanol–water partition coefficient (Wildman–Crippen LogP) is 3.07. The molecule has 1 fully saturated rings. The second-order valence-corrected chi connectivity index (χ2v) is 9.05. The van der Waals surface area contributed by atoms with Crippen molar-refractivity contribution in [1.29, 1.82) is 0 Å². The highest BCUT2D eigenvalue weighted by molar-refractivity contribution is 7.89. The van der Waals surface area contributed by atoms with Crippen molar-refractivity contribution in [2.75, 3.05) is 20.2 Å². The molecule has 0 aliphatic carbocycles. The number of hydrogen-bond donors (Lipinski definition) is 1. The number of carbonyl (C=O) groups is 1. The molecule has 1 unspecified atom stereocenters. The summed E-state index contributed by atoms with van der Waals surface area (Å²) in [5, 5.41) is 3.14. The molecule has 0 spiro atoms. The molecule has 0 aromatic heterocycles. The van der Waals surface area contributed by atoms with E-state index in [9.17, 15) is 13.2 Å². The average molecular weight is 423 g/mol. The van der Waals surface area contributed by atoms with Gasteiger partial charge in [0.15, 0.2) is 0 Å². The number of rotatable bonds is 6. The summed E-state index contributed by atoms with van der Waals surface area (Å²) < 4.78 is 32.4. The third kappa shape index (κ3) is 4.66. The summed E-state index contributed by atoms with van der Waals surface area (Å²) in [6, 6.07) is 14.0. The summed E-state index contributed by atoms with van der Waals surface area (Å²) in [5.41, 5.74) is 1.00. The lowest BCUT2D eigenvalue weighted by molar-refractivity contribution is -0.126. The largest absolute Gasteiger partial charge is 0.495 e. The lowest BCUT2D eigenvalue weighted by Crippen LogP contribution is -2.45. The second-order valence-electron chi connectivity index (χ2n) is 6.70. The third-order valence-corrected chi connectivity index (χ3v) is 6.98. The normalized spacial score (nSPS) is 17.9. The van der Waals surface area contributed by atoms with Crippen LogP contribution in [0.15, 0.2) is 53.4 Å². The number of nitrogens with zero attached hydrogens (tertiary/aromatic N) is 1. The van der Waals surface area contributed by atoms with E-state index in [-0.39, 0.29) is 28.3 Å². The average Bonchev–Trinajstić information content (AvgIpc) is 2.72. The molecule has 2 aromatic rings. The van der Waals surface area contributed by atoms with Gasteiger partial charge in [-0.1, -0.05) is 41.9 Å². The summed E-state index contributed by atoms with van der Waals surface area (Å²) in [6.07, 6.45) is 1.29. The number of methoxy groups -OCH3 is 1. The smallest absolute Gasteiger partial charge is 0.243 e. The van der Waals surface area contributed by atoms with Crippen LogP contribution < -0.4 is 10.1 Å². The van der Waals surface area contributed by atoms with Crippen molar-refractivity contribution in [3.63, 3.8) is 0 Å². The molecule has 1 saturated heterocycles. The molecule has 0 bridgehead atoms. The van der Waals surface area contributed by atoms with Crippen LogP contribution in [0.4, 0.5) is 0 Å². The SMILES string of the molecule is COc1ccc(S(=O)(=O)N2CCCC(C(=O)NCc3ccccc3)C2)cc1Cl. The summed E-state index contributed by atoms with van der Waals surface area (Å²) in [6.45, 7) is 0.970. The highest BCUT2D eigenvalue weighted by Crippen LogP contribution is 2.30. The van der Waals surface area contributed by atoms with E-state index in [1.54, 1.807) is 0 Å². The molecular formula is C20H23ClN2O4S. The van der Waals surface area contributed by atoms with Crippen LogP contribution in [0, 0.1) is 5.92 Å². The number of piperidine rings is 1. The molecule has 1 aliphatic heterocycles. The van der Waals surface area contributed by atoms with Crippen LogP contribution >= 0.6 is 11.6 Å². The van der Waals surface area contributed by atoms with Crippen molar-refractivity contribution in [3.05, 3.63) is 59.1 Å². The summed E-state index contributed by atoms with van der Waals surface area (Å²) in [4.78, 5) is 12.6. The molecule has 2 aromatic carbocycles. The summed E-state index contributed by atoms with van der Waals surface area (Å²) in [5.74, 6) is -0.0881. The Hall–Kier alpha value is -2.09. The number of sulfonamides is 1. The Labute approximate surface area is 170 Å². The minimum atomic E-state index is -3.73. The number of hydrogen-bond acceptors (Lipinski definition) is 4. The highest BCUT2D eigenvalue weighted by Gasteiger charge is 2.33. The van der Waals surface area contributed by atoms with Gasteiger partial charge in [-0.25, -0.2) is 8.42 Å². The Morgan fingerprint density at radius 1 is 1.25 bits per heavy atom. The van der Waals surface area contributed by atoms with Crippen molar-refractivity contribution in [2.24, 2.45) is 5.92 Å². The zero-order valence-corrected chi connectivity index (χ0v) is 17.2. The van der Waals surface area contributed by atoms with Crippen molar-refractivity contribution in [2.45, 2.75) is 24.3 Å². The Kier molecular flexibility index (Phi) is 6.59. The maximum Gasteiger partial charge on any atom is 0.243 e. The molecule has 0 radical (unpaired) electrons. The molecule has 6 nitrogen and oxygen atoms in total. The Morgan fingerprint density at radius 2 is 2.00 bits per heavy atom. The standard InChI is InChI=1S/C20H23ClN2O4S/c1-27-19-10-9-17(12-18(19)21)28(25,26)23-11-5-8-16(14-23)20(24)22-13-15-6-3-2-4-7-15/h2-4,6-7,9-10,12,16H,5,8,11,13-14H2,1H3,(H,22,24). The van der Waals surface area contributed by atoms with Gasteiger partial charge in [0.25, 0.3) is 0 Å². The van der Waals surface area contributed by atoms with E-state index in [4.69, 9.17) is 16.3 Å². The number of amides is 1. The van der Waals surface area contributed by atoms with Gasteiger partial charge in [0, 0.05) is 19.6 Å². The lowest BCUT2D eigenvalue weighted by Gasteiger charge is -2.31. The molecule has 1 heterocycles. The van der Waals surface area contributed by atoms with Crippen LogP contribution in [0.3, 0.4) is 0 Å². The fourth-order valence-corrected chi connectivity index (χ4v) is 5.13. The summed E-state index contributed by atoms with van der Waals surface area (Å²) >= 11 is 6.08. The van der Waals surface area contributed by atoms with Gasteiger partial charge in [-0.2, -0.15) is 4.31 Å². The molecule has 1 amide bonds. The predicted molar refractivity (Wildman–Crippen MR) is 108 cm³/mol. The first-order chi connectivity index (χ1) is 13.4. The van der Waals surface area contributed by atoms with E-state index in [0.717, 1.165) is 5.56 Å². The van der Waals surface area contributed by atoms with Gasteiger partial charge in [0.05, 0.1) is 22.9 Å². The molecular weight excluding hydrogens is 400 g/mol. The van der Waals surface area contributed by atoms with E-state index >= 15 is 0 Å². The van der Waals surface area contributed by atoms with Gasteiger partial charge in [-0.05, 0) is 36.6 Å². The molecule has 8 heteroatoms. The number of benzene rings is 2. The fourth-order valence-electron chi connectivity index (χ4n) is 3.26. The van der Waals surface area contributed by atoms with Crippen LogP contribution in [-0.2, 0) is 21.4 Å². The number of carbonyl (C=O) groups excluding carboxylic acids is 1. The first-order valence-electron chi connectivity index (χ1n) is 9.07. The minimum Gasteiger partial charge on any atom is -0.495 e. The molecule has 150 valence electrons. The van der Waals surface area contributed by atoms with Gasteiger partial charge in [-0.15, -0.1) is 0 Å². The van der Waals surface area contributed by atoms with Crippen LogP contribution in [-0.4, -0.2) is 38.8 Å². The second kappa shape index (κ2) is 8.94. The van der Waals surface area contributed by atoms with Crippen molar-refractivity contribution in [1.82, 2.24) is 9.62 Å². The Balaban J connectivity index is 1.68. The summed E-state index contributed by atoms with van der Waals surface area (Å²) in [7, 11) is -2.26. The van der Waals surface area contributed by atoms with E-state index < -0.39 is 10.0 Å². The van der Waals surface area contributed by atoms with Gasteiger partial charge in [-0.3, -0.25) is 4.79 Å². The highest BCUT2D eigenvalue weighted by atomic mass is 35.5. The first-order valence-corrected chi connectivity index (χ1v) is 10.9. The van der Waals surface area contributed by atoms with Gasteiger partial charge < -0.3 is 10.1 Å². The van der Waals surface area contributed by atoms with E-state index in [0.29, 0.717) is 31.7 Å². The molecule has 1 N–H and O–H groups in total. The number of halogens is 1. The molecule has 3 rings (SSSR count). The van der Waals surface area contributed by atoms with E-state index in [1.165, 1.54) is 29.6 Å². The molecule has 28 heavy (non-hydrogen) atoms. The van der Waals surface area contributed by atoms with E-state index in [1.807, 2.05) is 30.3 Å². The third-order valence-electron chi connectivity index (χ3n) is 4.83. The Morgan fingerprint density at radius 3 is 2.68 bits per heavy atom. The monoisotopic (exact) mass is 422 g/mol. The topological polar surface area (TPSA) is 75.7 Å².